The molecule has 0 saturated heterocycles. The Balaban J connectivity index is 2.21. The molecule has 0 aliphatic heterocycles. The van der Waals surface area contributed by atoms with Crippen molar-refractivity contribution in [3.8, 4) is 0 Å². The summed E-state index contributed by atoms with van der Waals surface area (Å²) in [5.41, 5.74) is 1.11. The van der Waals surface area contributed by atoms with Gasteiger partial charge >= 0.3 is 0 Å². The SMILES string of the molecule is Cc1[nH]ncc1C(=O)Nc1ccncc1F. The predicted molar refractivity (Wildman–Crippen MR) is 55.5 cm³/mol. The van der Waals surface area contributed by atoms with Gasteiger partial charge in [0.15, 0.2) is 5.82 Å². The van der Waals surface area contributed by atoms with Crippen LogP contribution < -0.4 is 5.32 Å². The van der Waals surface area contributed by atoms with Crippen molar-refractivity contribution in [1.29, 1.82) is 0 Å². The van der Waals surface area contributed by atoms with Crippen LogP contribution in [0.3, 0.4) is 0 Å². The van der Waals surface area contributed by atoms with Gasteiger partial charge in [-0.25, -0.2) is 4.39 Å². The van der Waals surface area contributed by atoms with Crippen LogP contribution in [0, 0.1) is 12.7 Å². The summed E-state index contributed by atoms with van der Waals surface area (Å²) in [6.07, 6.45) is 3.84. The first kappa shape index (κ1) is 10.3. The second-order valence-electron chi connectivity index (χ2n) is 3.22. The number of pyridine rings is 1. The van der Waals surface area contributed by atoms with Gasteiger partial charge in [0.2, 0.25) is 0 Å². The number of nitrogens with zero attached hydrogens (tertiary/aromatic N) is 2. The molecule has 2 aromatic heterocycles. The maximum absolute atomic E-state index is 13.2. The number of anilines is 1. The van der Waals surface area contributed by atoms with E-state index in [1.54, 1.807) is 6.92 Å². The number of nitrogens with one attached hydrogen (secondary N) is 2. The zero-order chi connectivity index (χ0) is 11.5. The van der Waals surface area contributed by atoms with Gasteiger partial charge in [0, 0.05) is 11.9 Å². The van der Waals surface area contributed by atoms with Gasteiger partial charge < -0.3 is 5.32 Å². The molecular weight excluding hydrogens is 211 g/mol. The van der Waals surface area contributed by atoms with E-state index in [9.17, 15) is 9.18 Å². The molecule has 0 aliphatic carbocycles. The molecule has 2 N–H and O–H groups in total. The molecule has 0 aliphatic rings. The van der Waals surface area contributed by atoms with Crippen LogP contribution >= 0.6 is 0 Å². The van der Waals surface area contributed by atoms with Gasteiger partial charge in [0.25, 0.3) is 5.91 Å². The van der Waals surface area contributed by atoms with Gasteiger partial charge in [0.1, 0.15) is 0 Å². The van der Waals surface area contributed by atoms with Crippen molar-refractivity contribution in [2.24, 2.45) is 0 Å². The molecule has 2 rings (SSSR count). The van der Waals surface area contributed by atoms with Crippen LogP contribution in [0.5, 0.6) is 0 Å². The van der Waals surface area contributed by atoms with E-state index in [-0.39, 0.29) is 5.69 Å². The second kappa shape index (κ2) is 4.09. The van der Waals surface area contributed by atoms with Crippen LogP contribution in [0.25, 0.3) is 0 Å². The summed E-state index contributed by atoms with van der Waals surface area (Å²) >= 11 is 0. The maximum Gasteiger partial charge on any atom is 0.259 e. The number of H-pyrrole nitrogens is 1. The lowest BCUT2D eigenvalue weighted by Gasteiger charge is -2.04. The number of amides is 1. The molecule has 82 valence electrons. The Morgan fingerprint density at radius 2 is 2.31 bits per heavy atom. The molecule has 0 saturated carbocycles. The molecule has 1 amide bonds. The van der Waals surface area contributed by atoms with Crippen LogP contribution in [0.1, 0.15) is 16.1 Å². The fourth-order valence-corrected chi connectivity index (χ4v) is 1.25. The van der Waals surface area contributed by atoms with Crippen LogP contribution in [0.15, 0.2) is 24.7 Å². The molecule has 6 heteroatoms. The number of carbonyl (C=O) groups excluding carboxylic acids is 1. The van der Waals surface area contributed by atoms with E-state index in [0.717, 1.165) is 6.20 Å². The number of aromatic amines is 1. The van der Waals surface area contributed by atoms with Crippen molar-refractivity contribution in [2.45, 2.75) is 6.92 Å². The van der Waals surface area contributed by atoms with E-state index < -0.39 is 11.7 Å². The predicted octanol–water partition coefficient (Wildman–Crippen LogP) is 1.50. The van der Waals surface area contributed by atoms with Crippen molar-refractivity contribution < 1.29 is 9.18 Å². The molecule has 0 radical (unpaired) electrons. The Kier molecular flexibility index (Phi) is 2.63. The average molecular weight is 220 g/mol. The van der Waals surface area contributed by atoms with Gasteiger partial charge in [-0.15, -0.1) is 0 Å². The number of hydrogen-bond acceptors (Lipinski definition) is 3. The van der Waals surface area contributed by atoms with E-state index in [1.807, 2.05) is 0 Å². The summed E-state index contributed by atoms with van der Waals surface area (Å²) in [5.74, 6) is -0.978. The summed E-state index contributed by atoms with van der Waals surface area (Å²) in [4.78, 5) is 15.3. The zero-order valence-corrected chi connectivity index (χ0v) is 8.49. The van der Waals surface area contributed by atoms with E-state index in [0.29, 0.717) is 11.3 Å². The lowest BCUT2D eigenvalue weighted by molar-refractivity contribution is 0.102. The molecule has 0 atom stereocenters. The molecule has 2 aromatic rings. The zero-order valence-electron chi connectivity index (χ0n) is 8.49. The first-order chi connectivity index (χ1) is 7.68. The van der Waals surface area contributed by atoms with Gasteiger partial charge in [-0.2, -0.15) is 5.10 Å². The van der Waals surface area contributed by atoms with Crippen LogP contribution in [-0.2, 0) is 0 Å². The Morgan fingerprint density at radius 1 is 1.50 bits per heavy atom. The van der Waals surface area contributed by atoms with E-state index in [1.165, 1.54) is 18.5 Å². The monoisotopic (exact) mass is 220 g/mol. The summed E-state index contributed by atoms with van der Waals surface area (Å²) < 4.78 is 13.2. The van der Waals surface area contributed by atoms with Gasteiger partial charge in [0.05, 0.1) is 23.6 Å². The molecule has 0 bridgehead atoms. The van der Waals surface area contributed by atoms with Crippen molar-refractivity contribution >= 4 is 11.6 Å². The summed E-state index contributed by atoms with van der Waals surface area (Å²) in [5, 5.41) is 8.79. The molecule has 0 unspecified atom stereocenters. The highest BCUT2D eigenvalue weighted by Gasteiger charge is 2.12. The minimum absolute atomic E-state index is 0.0978. The van der Waals surface area contributed by atoms with E-state index >= 15 is 0 Å². The molecule has 16 heavy (non-hydrogen) atoms. The highest BCUT2D eigenvalue weighted by molar-refractivity contribution is 6.04. The Bertz CT molecular complexity index is 523. The minimum Gasteiger partial charge on any atom is -0.319 e. The highest BCUT2D eigenvalue weighted by Crippen LogP contribution is 2.13. The van der Waals surface area contributed by atoms with Crippen molar-refractivity contribution in [1.82, 2.24) is 15.2 Å². The first-order valence-corrected chi connectivity index (χ1v) is 4.59. The number of rotatable bonds is 2. The maximum atomic E-state index is 13.2. The van der Waals surface area contributed by atoms with Crippen molar-refractivity contribution in [2.75, 3.05) is 5.32 Å². The van der Waals surface area contributed by atoms with Gasteiger partial charge in [-0.05, 0) is 13.0 Å². The largest absolute Gasteiger partial charge is 0.319 e. The normalized spacial score (nSPS) is 10.1. The lowest BCUT2D eigenvalue weighted by Crippen LogP contribution is -2.13. The Morgan fingerprint density at radius 3 is 2.94 bits per heavy atom. The topological polar surface area (TPSA) is 70.7 Å². The van der Waals surface area contributed by atoms with Gasteiger partial charge in [-0.1, -0.05) is 0 Å². The third-order valence-corrected chi connectivity index (χ3v) is 2.10. The second-order valence-corrected chi connectivity index (χ2v) is 3.22. The highest BCUT2D eigenvalue weighted by atomic mass is 19.1. The number of halogens is 1. The summed E-state index contributed by atoms with van der Waals surface area (Å²) in [7, 11) is 0. The molecule has 0 spiro atoms. The average Bonchev–Trinajstić information content (AvgIpc) is 2.68. The quantitative estimate of drug-likeness (QED) is 0.805. The first-order valence-electron chi connectivity index (χ1n) is 4.59. The van der Waals surface area contributed by atoms with Crippen LogP contribution in [0.4, 0.5) is 10.1 Å². The summed E-state index contributed by atoms with van der Waals surface area (Å²) in [6.45, 7) is 1.71. The van der Waals surface area contributed by atoms with Crippen LogP contribution in [-0.4, -0.2) is 21.1 Å². The van der Waals surface area contributed by atoms with E-state index in [2.05, 4.69) is 20.5 Å². The molecule has 0 fully saturated rings. The van der Waals surface area contributed by atoms with Gasteiger partial charge in [-0.3, -0.25) is 14.9 Å². The molecule has 0 aromatic carbocycles. The Hall–Kier alpha value is -2.24. The summed E-state index contributed by atoms with van der Waals surface area (Å²) in [6, 6.07) is 1.39. The number of hydrogen-bond donors (Lipinski definition) is 2. The number of carbonyl (C=O) groups is 1. The fraction of sp³-hybridized carbons (Fsp3) is 0.100. The molecule has 2 heterocycles. The number of aryl methyl sites for hydroxylation is 1. The fourth-order valence-electron chi connectivity index (χ4n) is 1.25. The standard InChI is InChI=1S/C10H9FN4O/c1-6-7(4-13-15-6)10(16)14-9-2-3-12-5-8(9)11/h2-5H,1H3,(H,13,15)(H,12,14,16). The van der Waals surface area contributed by atoms with Crippen LogP contribution in [0.2, 0.25) is 0 Å². The number of aromatic nitrogens is 3. The minimum atomic E-state index is -0.572. The third kappa shape index (κ3) is 1.90. The molecular formula is C10H9FN4O. The van der Waals surface area contributed by atoms with Crippen molar-refractivity contribution in [3.05, 3.63) is 41.7 Å². The lowest BCUT2D eigenvalue weighted by atomic mass is 10.2. The Labute approximate surface area is 90.7 Å². The molecule has 5 nitrogen and oxygen atoms in total. The van der Waals surface area contributed by atoms with Crippen molar-refractivity contribution in [3.63, 3.8) is 0 Å². The smallest absolute Gasteiger partial charge is 0.259 e. The van der Waals surface area contributed by atoms with E-state index in [4.69, 9.17) is 0 Å². The third-order valence-electron chi connectivity index (χ3n) is 2.10.